The van der Waals surface area contributed by atoms with Crippen LogP contribution in [0.4, 0.5) is 4.39 Å². The summed E-state index contributed by atoms with van der Waals surface area (Å²) in [6, 6.07) is 8.86. The summed E-state index contributed by atoms with van der Waals surface area (Å²) in [5, 5.41) is 7.39. The van der Waals surface area contributed by atoms with Crippen LogP contribution in [0.3, 0.4) is 0 Å². The number of halogens is 1. The van der Waals surface area contributed by atoms with Gasteiger partial charge >= 0.3 is 0 Å². The van der Waals surface area contributed by atoms with Gasteiger partial charge in [0.05, 0.1) is 5.69 Å². The zero-order valence-electron chi connectivity index (χ0n) is 15.6. The lowest BCUT2D eigenvalue weighted by atomic mass is 10.2. The smallest absolute Gasteiger partial charge is 0.193 e. The Bertz CT molecular complexity index is 717. The molecule has 0 radical (unpaired) electrons. The van der Waals surface area contributed by atoms with Gasteiger partial charge in [-0.15, -0.1) is 0 Å². The number of piperazine rings is 1. The highest BCUT2D eigenvalue weighted by Crippen LogP contribution is 2.14. The molecule has 1 aliphatic heterocycles. The number of hydrogen-bond acceptors (Lipinski definition) is 5. The summed E-state index contributed by atoms with van der Waals surface area (Å²) in [5.41, 5.74) is 1.73. The molecule has 0 bridgehead atoms. The van der Waals surface area contributed by atoms with Crippen LogP contribution in [-0.2, 0) is 12.3 Å². The molecule has 6 nitrogen and oxygen atoms in total. The second-order valence-corrected chi connectivity index (χ2v) is 7.48. The van der Waals surface area contributed by atoms with Gasteiger partial charge in [0, 0.05) is 63.9 Å². The van der Waals surface area contributed by atoms with E-state index in [0.717, 1.165) is 62.2 Å². The number of aromatic nitrogens is 1. The second kappa shape index (κ2) is 10.3. The minimum Gasteiger partial charge on any atom is -0.364 e. The summed E-state index contributed by atoms with van der Waals surface area (Å²) in [5.74, 6) is 2.40. The fourth-order valence-corrected chi connectivity index (χ4v) is 3.88. The van der Waals surface area contributed by atoms with E-state index in [9.17, 15) is 4.39 Å². The maximum absolute atomic E-state index is 13.6. The zero-order valence-corrected chi connectivity index (χ0v) is 16.4. The fraction of sp³-hybridized carbons (Fsp3) is 0.474. The number of thioether (sulfide) groups is 1. The van der Waals surface area contributed by atoms with Crippen LogP contribution in [0.25, 0.3) is 0 Å². The lowest BCUT2D eigenvalue weighted by Crippen LogP contribution is -2.52. The van der Waals surface area contributed by atoms with Gasteiger partial charge in [-0.3, -0.25) is 9.89 Å². The minimum absolute atomic E-state index is 0.128. The maximum Gasteiger partial charge on any atom is 0.193 e. The van der Waals surface area contributed by atoms with Crippen LogP contribution >= 0.6 is 11.8 Å². The zero-order chi connectivity index (χ0) is 18.9. The highest BCUT2D eigenvalue weighted by atomic mass is 32.2. The van der Waals surface area contributed by atoms with Gasteiger partial charge in [0.1, 0.15) is 12.1 Å². The molecule has 1 aliphatic rings. The van der Waals surface area contributed by atoms with Crippen LogP contribution in [0.1, 0.15) is 11.3 Å². The summed E-state index contributed by atoms with van der Waals surface area (Å²) in [4.78, 5) is 9.04. The molecule has 0 amide bonds. The predicted octanol–water partition coefficient (Wildman–Crippen LogP) is 2.44. The first-order chi connectivity index (χ1) is 13.3. The van der Waals surface area contributed by atoms with E-state index in [1.54, 1.807) is 24.1 Å². The van der Waals surface area contributed by atoms with Crippen molar-refractivity contribution < 1.29 is 8.91 Å². The van der Waals surface area contributed by atoms with Gasteiger partial charge in [-0.1, -0.05) is 23.4 Å². The van der Waals surface area contributed by atoms with E-state index in [-0.39, 0.29) is 5.82 Å². The first-order valence-corrected chi connectivity index (χ1v) is 10.3. The van der Waals surface area contributed by atoms with Crippen molar-refractivity contribution in [3.63, 3.8) is 0 Å². The summed E-state index contributed by atoms with van der Waals surface area (Å²) in [7, 11) is 1.82. The van der Waals surface area contributed by atoms with E-state index in [0.29, 0.717) is 5.75 Å². The van der Waals surface area contributed by atoms with Crippen LogP contribution in [0, 0.1) is 5.82 Å². The third kappa shape index (κ3) is 5.97. The number of guanidine groups is 1. The van der Waals surface area contributed by atoms with Crippen LogP contribution < -0.4 is 5.32 Å². The van der Waals surface area contributed by atoms with Gasteiger partial charge in [-0.05, 0) is 11.6 Å². The molecule has 0 aliphatic carbocycles. The Labute approximate surface area is 163 Å². The number of benzene rings is 1. The number of hydrogen-bond donors (Lipinski definition) is 1. The molecule has 0 spiro atoms. The van der Waals surface area contributed by atoms with Crippen LogP contribution in [0.2, 0.25) is 0 Å². The van der Waals surface area contributed by atoms with Crippen molar-refractivity contribution in [1.82, 2.24) is 20.3 Å². The molecule has 146 valence electrons. The molecule has 1 N–H and O–H groups in total. The summed E-state index contributed by atoms with van der Waals surface area (Å²) in [6.07, 6.45) is 1.61. The number of nitrogens with one attached hydrogen (secondary N) is 1. The summed E-state index contributed by atoms with van der Waals surface area (Å²) >= 11 is 1.72. The van der Waals surface area contributed by atoms with Crippen LogP contribution in [-0.4, -0.2) is 66.4 Å². The predicted molar refractivity (Wildman–Crippen MR) is 107 cm³/mol. The van der Waals surface area contributed by atoms with E-state index in [4.69, 9.17) is 4.52 Å². The van der Waals surface area contributed by atoms with Gasteiger partial charge in [0.2, 0.25) is 0 Å². The van der Waals surface area contributed by atoms with E-state index in [1.807, 2.05) is 25.2 Å². The Kier molecular flexibility index (Phi) is 7.53. The largest absolute Gasteiger partial charge is 0.364 e. The first-order valence-electron chi connectivity index (χ1n) is 9.14. The van der Waals surface area contributed by atoms with E-state index in [1.165, 1.54) is 6.07 Å². The highest BCUT2D eigenvalue weighted by Gasteiger charge is 2.20. The summed E-state index contributed by atoms with van der Waals surface area (Å²) in [6.45, 7) is 5.43. The molecule has 0 saturated carbocycles. The van der Waals surface area contributed by atoms with Crippen LogP contribution in [0.5, 0.6) is 0 Å². The van der Waals surface area contributed by atoms with Gasteiger partial charge in [0.25, 0.3) is 0 Å². The molecule has 0 unspecified atom stereocenters. The lowest BCUT2D eigenvalue weighted by Gasteiger charge is -2.36. The molecule has 2 heterocycles. The number of rotatable bonds is 7. The molecular formula is C19H26FN5OS. The van der Waals surface area contributed by atoms with Gasteiger partial charge in [-0.25, -0.2) is 4.39 Å². The monoisotopic (exact) mass is 391 g/mol. The number of aliphatic imine (C=N–C) groups is 1. The Morgan fingerprint density at radius 3 is 2.78 bits per heavy atom. The minimum atomic E-state index is -0.128. The number of nitrogens with zero attached hydrogens (tertiary/aromatic N) is 4. The Morgan fingerprint density at radius 1 is 1.26 bits per heavy atom. The van der Waals surface area contributed by atoms with Crippen molar-refractivity contribution >= 4 is 17.7 Å². The Balaban J connectivity index is 1.34. The lowest BCUT2D eigenvalue weighted by molar-refractivity contribution is 0.169. The van der Waals surface area contributed by atoms with E-state index in [2.05, 4.69) is 25.3 Å². The standard InChI is InChI=1S/C19H26FN5OS/c1-21-19(22-7-13-27-15-16-4-2-3-5-18(16)20)25-10-8-24(9-11-25)14-17-6-12-26-23-17/h2-6,12H,7-11,13-15H2,1H3,(H,21,22). The molecule has 1 fully saturated rings. The van der Waals surface area contributed by atoms with Crippen molar-refractivity contribution in [3.05, 3.63) is 53.7 Å². The van der Waals surface area contributed by atoms with E-state index >= 15 is 0 Å². The van der Waals surface area contributed by atoms with Crippen molar-refractivity contribution in [3.8, 4) is 0 Å². The van der Waals surface area contributed by atoms with Crippen molar-refractivity contribution in [2.45, 2.75) is 12.3 Å². The Hall–Kier alpha value is -2.06. The van der Waals surface area contributed by atoms with Crippen LogP contribution in [0.15, 0.2) is 46.1 Å². The molecule has 2 aromatic rings. The maximum atomic E-state index is 13.6. The quantitative estimate of drug-likeness (QED) is 0.445. The molecule has 1 saturated heterocycles. The summed E-state index contributed by atoms with van der Waals surface area (Å²) < 4.78 is 18.5. The van der Waals surface area contributed by atoms with Crippen molar-refractivity contribution in [2.75, 3.05) is 45.5 Å². The average molecular weight is 392 g/mol. The van der Waals surface area contributed by atoms with E-state index < -0.39 is 0 Å². The third-order valence-electron chi connectivity index (χ3n) is 4.51. The molecule has 8 heteroatoms. The van der Waals surface area contributed by atoms with Gasteiger partial charge < -0.3 is 14.7 Å². The molecule has 3 rings (SSSR count). The molecular weight excluding hydrogens is 365 g/mol. The average Bonchev–Trinajstić information content (AvgIpc) is 3.20. The third-order valence-corrected chi connectivity index (χ3v) is 5.51. The fourth-order valence-electron chi connectivity index (χ4n) is 3.03. The van der Waals surface area contributed by atoms with Gasteiger partial charge in [-0.2, -0.15) is 11.8 Å². The SMILES string of the molecule is CN=C(NCCSCc1ccccc1F)N1CCN(Cc2ccon2)CC1. The van der Waals surface area contributed by atoms with Crippen molar-refractivity contribution in [1.29, 1.82) is 0 Å². The Morgan fingerprint density at radius 2 is 2.07 bits per heavy atom. The topological polar surface area (TPSA) is 56.9 Å². The molecule has 0 atom stereocenters. The van der Waals surface area contributed by atoms with Gasteiger partial charge in [0.15, 0.2) is 5.96 Å². The second-order valence-electron chi connectivity index (χ2n) is 6.37. The highest BCUT2D eigenvalue weighted by molar-refractivity contribution is 7.98. The van der Waals surface area contributed by atoms with Crippen molar-refractivity contribution in [2.24, 2.45) is 4.99 Å². The molecule has 27 heavy (non-hydrogen) atoms. The normalized spacial score (nSPS) is 15.9. The molecule has 1 aromatic heterocycles. The molecule has 1 aromatic carbocycles. The first kappa shape index (κ1) is 19.7.